The topological polar surface area (TPSA) is 89.7 Å². The van der Waals surface area contributed by atoms with Crippen molar-refractivity contribution in [2.45, 2.75) is 38.8 Å². The zero-order valence-corrected chi connectivity index (χ0v) is 15.9. The Balaban J connectivity index is 1.53. The van der Waals surface area contributed by atoms with Gasteiger partial charge < -0.3 is 15.2 Å². The van der Waals surface area contributed by atoms with E-state index in [4.69, 9.17) is 0 Å². The van der Waals surface area contributed by atoms with Gasteiger partial charge in [0.25, 0.3) is 5.91 Å². The third-order valence-electron chi connectivity index (χ3n) is 5.35. The number of hydrogen-bond donors (Lipinski definition) is 2. The summed E-state index contributed by atoms with van der Waals surface area (Å²) in [6.45, 7) is 5.78. The van der Waals surface area contributed by atoms with Crippen molar-refractivity contribution in [3.8, 4) is 0 Å². The monoisotopic (exact) mass is 367 g/mol. The normalized spacial score (nSPS) is 16.6. The fraction of sp³-hybridized carbons (Fsp3) is 0.474. The molecule has 1 atom stereocenters. The molecular formula is C19H25N7O. The highest BCUT2D eigenvalue weighted by molar-refractivity contribution is 5.93. The Morgan fingerprint density at radius 3 is 2.78 bits per heavy atom. The van der Waals surface area contributed by atoms with Crippen LogP contribution in [0.3, 0.4) is 0 Å². The number of nitrogens with one attached hydrogen (secondary N) is 2. The molecule has 1 aliphatic rings. The number of rotatable bonds is 4. The Morgan fingerprint density at radius 2 is 2.04 bits per heavy atom. The van der Waals surface area contributed by atoms with Gasteiger partial charge in [-0.15, -0.1) is 5.10 Å². The van der Waals surface area contributed by atoms with Crippen molar-refractivity contribution in [3.05, 3.63) is 41.5 Å². The van der Waals surface area contributed by atoms with Gasteiger partial charge in [-0.3, -0.25) is 4.79 Å². The van der Waals surface area contributed by atoms with E-state index in [9.17, 15) is 4.79 Å². The summed E-state index contributed by atoms with van der Waals surface area (Å²) < 4.78 is 3.91. The number of carbonyl (C=O) groups is 1. The minimum atomic E-state index is -0.238. The molecule has 2 N–H and O–H groups in total. The van der Waals surface area contributed by atoms with Crippen LogP contribution in [0.25, 0.3) is 11.0 Å². The quantitative estimate of drug-likeness (QED) is 0.735. The lowest BCUT2D eigenvalue weighted by Crippen LogP contribution is -2.31. The molecule has 4 rings (SSSR count). The smallest absolute Gasteiger partial charge is 0.274 e. The van der Waals surface area contributed by atoms with Crippen molar-refractivity contribution < 1.29 is 4.79 Å². The number of imidazole rings is 1. The first-order valence-corrected chi connectivity index (χ1v) is 9.41. The van der Waals surface area contributed by atoms with Crippen molar-refractivity contribution in [2.75, 3.05) is 13.1 Å². The second-order valence-electron chi connectivity index (χ2n) is 7.16. The third kappa shape index (κ3) is 3.21. The molecule has 142 valence electrons. The Kier molecular flexibility index (Phi) is 4.65. The number of aryl methyl sites for hydroxylation is 1. The van der Waals surface area contributed by atoms with E-state index in [0.717, 1.165) is 48.5 Å². The zero-order chi connectivity index (χ0) is 19.0. The van der Waals surface area contributed by atoms with Gasteiger partial charge in [0.2, 0.25) is 0 Å². The van der Waals surface area contributed by atoms with Gasteiger partial charge in [-0.2, -0.15) is 0 Å². The summed E-state index contributed by atoms with van der Waals surface area (Å²) in [5, 5.41) is 14.8. The molecule has 1 aromatic carbocycles. The fourth-order valence-corrected chi connectivity index (χ4v) is 3.83. The molecule has 1 saturated heterocycles. The van der Waals surface area contributed by atoms with E-state index < -0.39 is 0 Å². The number of piperidine rings is 1. The minimum absolute atomic E-state index is 0.216. The highest BCUT2D eigenvalue weighted by Crippen LogP contribution is 2.22. The lowest BCUT2D eigenvalue weighted by atomic mass is 10.1. The van der Waals surface area contributed by atoms with E-state index in [2.05, 4.69) is 25.9 Å². The summed E-state index contributed by atoms with van der Waals surface area (Å²) >= 11 is 0. The molecule has 3 heterocycles. The van der Waals surface area contributed by atoms with Gasteiger partial charge in [0.05, 0.1) is 28.8 Å². The molecule has 0 radical (unpaired) electrons. The largest absolute Gasteiger partial charge is 0.341 e. The molecular weight excluding hydrogens is 342 g/mol. The second-order valence-corrected chi connectivity index (χ2v) is 7.16. The molecule has 0 unspecified atom stereocenters. The first-order valence-electron chi connectivity index (χ1n) is 9.41. The van der Waals surface area contributed by atoms with E-state index in [1.807, 2.05) is 54.4 Å². The molecule has 0 bridgehead atoms. The number of fused-ring (bicyclic) bond motifs is 1. The molecule has 27 heavy (non-hydrogen) atoms. The van der Waals surface area contributed by atoms with Crippen molar-refractivity contribution in [2.24, 2.45) is 7.05 Å². The predicted octanol–water partition coefficient (Wildman–Crippen LogP) is 1.89. The van der Waals surface area contributed by atoms with Gasteiger partial charge >= 0.3 is 0 Å². The van der Waals surface area contributed by atoms with Crippen LogP contribution in [0.1, 0.15) is 53.9 Å². The third-order valence-corrected chi connectivity index (χ3v) is 5.35. The van der Waals surface area contributed by atoms with Crippen LogP contribution in [-0.2, 0) is 7.05 Å². The van der Waals surface area contributed by atoms with E-state index in [1.54, 1.807) is 0 Å². The Labute approximate surface area is 158 Å². The zero-order valence-electron chi connectivity index (χ0n) is 15.9. The Bertz CT molecular complexity index is 968. The van der Waals surface area contributed by atoms with Crippen LogP contribution in [0, 0.1) is 6.92 Å². The number of benzene rings is 1. The Hall–Kier alpha value is -2.74. The molecule has 1 fully saturated rings. The molecule has 1 aliphatic heterocycles. The molecule has 8 nitrogen and oxygen atoms in total. The standard InChI is InChI=1S/C19H25N7O/c1-12(18-22-15-6-4-5-7-16(15)25(18)3)21-19(27)17-13(2)26(24-23-17)14-8-10-20-11-9-14/h4-7,12,14,20H,8-11H2,1-3H3,(H,21,27)/t12-/m0/s1. The summed E-state index contributed by atoms with van der Waals surface area (Å²) in [4.78, 5) is 17.5. The maximum Gasteiger partial charge on any atom is 0.274 e. The average molecular weight is 367 g/mol. The molecule has 8 heteroatoms. The molecule has 0 saturated carbocycles. The highest BCUT2D eigenvalue weighted by atomic mass is 16.2. The minimum Gasteiger partial charge on any atom is -0.341 e. The van der Waals surface area contributed by atoms with Gasteiger partial charge in [-0.1, -0.05) is 17.3 Å². The van der Waals surface area contributed by atoms with Crippen LogP contribution >= 0.6 is 0 Å². The average Bonchev–Trinajstić information content (AvgIpc) is 3.23. The lowest BCUT2D eigenvalue weighted by Gasteiger charge is -2.23. The van der Waals surface area contributed by atoms with E-state index in [-0.39, 0.29) is 11.9 Å². The van der Waals surface area contributed by atoms with Crippen molar-refractivity contribution in [1.29, 1.82) is 0 Å². The molecule has 1 amide bonds. The number of hydrogen-bond acceptors (Lipinski definition) is 5. The van der Waals surface area contributed by atoms with Gasteiger partial charge in [0.1, 0.15) is 5.82 Å². The lowest BCUT2D eigenvalue weighted by molar-refractivity contribution is 0.0932. The van der Waals surface area contributed by atoms with Crippen molar-refractivity contribution in [1.82, 2.24) is 35.2 Å². The molecule has 2 aromatic heterocycles. The van der Waals surface area contributed by atoms with Crippen molar-refractivity contribution >= 4 is 16.9 Å². The summed E-state index contributed by atoms with van der Waals surface area (Å²) in [6, 6.07) is 8.01. The summed E-state index contributed by atoms with van der Waals surface area (Å²) in [6.07, 6.45) is 2.00. The van der Waals surface area contributed by atoms with Gasteiger partial charge in [0, 0.05) is 7.05 Å². The van der Waals surface area contributed by atoms with Gasteiger partial charge in [0.15, 0.2) is 5.69 Å². The maximum absolute atomic E-state index is 12.8. The van der Waals surface area contributed by atoms with Crippen LogP contribution in [0.4, 0.5) is 0 Å². The summed E-state index contributed by atoms with van der Waals surface area (Å²) in [5.74, 6) is 0.597. The summed E-state index contributed by atoms with van der Waals surface area (Å²) in [7, 11) is 1.96. The second kappa shape index (κ2) is 7.11. The first-order chi connectivity index (χ1) is 13.1. The number of aromatic nitrogens is 5. The number of para-hydroxylation sites is 2. The number of carbonyl (C=O) groups excluding carboxylic acids is 1. The highest BCUT2D eigenvalue weighted by Gasteiger charge is 2.24. The van der Waals surface area contributed by atoms with Crippen LogP contribution in [-0.4, -0.2) is 43.5 Å². The van der Waals surface area contributed by atoms with Crippen LogP contribution < -0.4 is 10.6 Å². The first kappa shape index (κ1) is 17.7. The maximum atomic E-state index is 12.8. The van der Waals surface area contributed by atoms with Crippen molar-refractivity contribution in [3.63, 3.8) is 0 Å². The molecule has 0 spiro atoms. The van der Waals surface area contributed by atoms with E-state index in [0.29, 0.717) is 11.7 Å². The van der Waals surface area contributed by atoms with Gasteiger partial charge in [-0.05, 0) is 51.9 Å². The predicted molar refractivity (Wildman–Crippen MR) is 102 cm³/mol. The number of amides is 1. The summed E-state index contributed by atoms with van der Waals surface area (Å²) in [5.41, 5.74) is 3.17. The van der Waals surface area contributed by atoms with Crippen LogP contribution in [0.5, 0.6) is 0 Å². The van der Waals surface area contributed by atoms with Gasteiger partial charge in [-0.25, -0.2) is 9.67 Å². The van der Waals surface area contributed by atoms with E-state index >= 15 is 0 Å². The fourth-order valence-electron chi connectivity index (χ4n) is 3.83. The Morgan fingerprint density at radius 1 is 1.30 bits per heavy atom. The van der Waals surface area contributed by atoms with Crippen LogP contribution in [0.2, 0.25) is 0 Å². The molecule has 0 aliphatic carbocycles. The molecule has 3 aromatic rings. The SMILES string of the molecule is Cc1c(C(=O)N[C@@H](C)c2nc3ccccc3n2C)nnn1C1CCNCC1. The van der Waals surface area contributed by atoms with Crippen LogP contribution in [0.15, 0.2) is 24.3 Å². The van der Waals surface area contributed by atoms with E-state index in [1.165, 1.54) is 0 Å². The number of nitrogens with zero attached hydrogens (tertiary/aromatic N) is 5.